The van der Waals surface area contributed by atoms with Gasteiger partial charge >= 0.3 is 0 Å². The van der Waals surface area contributed by atoms with Crippen LogP contribution < -0.4 is 11.1 Å². The van der Waals surface area contributed by atoms with Crippen molar-refractivity contribution in [2.75, 3.05) is 24.8 Å². The monoisotopic (exact) mass is 260 g/mol. The molecule has 102 valence electrons. The van der Waals surface area contributed by atoms with Gasteiger partial charge in [0.15, 0.2) is 0 Å². The van der Waals surface area contributed by atoms with E-state index in [0.717, 1.165) is 29.6 Å². The fourth-order valence-electron chi connectivity index (χ4n) is 2.13. The molecule has 0 aliphatic rings. The van der Waals surface area contributed by atoms with Gasteiger partial charge in [-0.05, 0) is 24.6 Å². The summed E-state index contributed by atoms with van der Waals surface area (Å²) in [4.78, 5) is 8.56. The van der Waals surface area contributed by atoms with Crippen molar-refractivity contribution >= 4 is 22.4 Å². The Labute approximate surface area is 113 Å². The Morgan fingerprint density at radius 3 is 2.95 bits per heavy atom. The second-order valence-corrected chi connectivity index (χ2v) is 4.58. The molecule has 5 nitrogen and oxygen atoms in total. The molecule has 2 rings (SSSR count). The Hall–Kier alpha value is -1.88. The summed E-state index contributed by atoms with van der Waals surface area (Å²) in [5.74, 6) is 0.834. The van der Waals surface area contributed by atoms with Gasteiger partial charge in [-0.3, -0.25) is 0 Å². The van der Waals surface area contributed by atoms with Gasteiger partial charge in [-0.2, -0.15) is 0 Å². The molecular formula is C14H20N4O. The van der Waals surface area contributed by atoms with E-state index in [9.17, 15) is 0 Å². The van der Waals surface area contributed by atoms with Gasteiger partial charge in [-0.1, -0.05) is 13.3 Å². The van der Waals surface area contributed by atoms with E-state index in [-0.39, 0.29) is 6.04 Å². The zero-order valence-corrected chi connectivity index (χ0v) is 11.4. The van der Waals surface area contributed by atoms with Crippen LogP contribution in [0.15, 0.2) is 24.5 Å². The third kappa shape index (κ3) is 3.32. The standard InChI is InChI=1S/C14H20N4O/c1-3-4-11(8-19-2)18-14-12-6-5-10(15)7-13(12)16-9-17-14/h5-7,9,11H,3-4,8,15H2,1-2H3,(H,16,17,18). The first-order valence-electron chi connectivity index (χ1n) is 6.50. The molecule has 3 N–H and O–H groups in total. The normalized spacial score (nSPS) is 12.5. The second-order valence-electron chi connectivity index (χ2n) is 4.58. The lowest BCUT2D eigenvalue weighted by molar-refractivity contribution is 0.182. The molecular weight excluding hydrogens is 240 g/mol. The summed E-state index contributed by atoms with van der Waals surface area (Å²) in [6.45, 7) is 2.82. The Morgan fingerprint density at radius 2 is 2.21 bits per heavy atom. The highest BCUT2D eigenvalue weighted by Crippen LogP contribution is 2.22. The minimum Gasteiger partial charge on any atom is -0.399 e. The molecule has 0 saturated heterocycles. The van der Waals surface area contributed by atoms with Crippen LogP contribution in [-0.4, -0.2) is 29.7 Å². The first-order valence-corrected chi connectivity index (χ1v) is 6.50. The van der Waals surface area contributed by atoms with Crippen molar-refractivity contribution in [3.05, 3.63) is 24.5 Å². The zero-order valence-electron chi connectivity index (χ0n) is 11.4. The number of anilines is 2. The second kappa shape index (κ2) is 6.33. The Bertz CT molecular complexity index is 538. The van der Waals surface area contributed by atoms with Crippen LogP contribution in [0.5, 0.6) is 0 Å². The molecule has 1 atom stereocenters. The van der Waals surface area contributed by atoms with E-state index >= 15 is 0 Å². The van der Waals surface area contributed by atoms with Crippen molar-refractivity contribution in [1.82, 2.24) is 9.97 Å². The van der Waals surface area contributed by atoms with Crippen LogP contribution in [0.2, 0.25) is 0 Å². The first-order chi connectivity index (χ1) is 9.24. The van der Waals surface area contributed by atoms with Gasteiger partial charge < -0.3 is 15.8 Å². The number of nitrogens with two attached hydrogens (primary N) is 1. The molecule has 1 aromatic heterocycles. The van der Waals surface area contributed by atoms with E-state index in [1.54, 1.807) is 13.4 Å². The molecule has 0 aliphatic heterocycles. The van der Waals surface area contributed by atoms with Crippen LogP contribution in [-0.2, 0) is 4.74 Å². The predicted molar refractivity (Wildman–Crippen MR) is 78.1 cm³/mol. The summed E-state index contributed by atoms with van der Waals surface area (Å²) in [6.07, 6.45) is 3.69. The number of ether oxygens (including phenoxy) is 1. The molecule has 1 unspecified atom stereocenters. The van der Waals surface area contributed by atoms with E-state index < -0.39 is 0 Å². The molecule has 0 aliphatic carbocycles. The van der Waals surface area contributed by atoms with E-state index in [0.29, 0.717) is 12.3 Å². The predicted octanol–water partition coefficient (Wildman–Crippen LogP) is 2.44. The maximum absolute atomic E-state index is 5.77. The van der Waals surface area contributed by atoms with Crippen LogP contribution >= 0.6 is 0 Å². The van der Waals surface area contributed by atoms with Gasteiger partial charge in [0, 0.05) is 18.2 Å². The molecule has 5 heteroatoms. The molecule has 19 heavy (non-hydrogen) atoms. The van der Waals surface area contributed by atoms with E-state index in [2.05, 4.69) is 22.2 Å². The Morgan fingerprint density at radius 1 is 1.37 bits per heavy atom. The molecule has 0 bridgehead atoms. The van der Waals surface area contributed by atoms with Gasteiger partial charge in [0.1, 0.15) is 12.1 Å². The van der Waals surface area contributed by atoms with Crippen LogP contribution in [0.4, 0.5) is 11.5 Å². The number of fused-ring (bicyclic) bond motifs is 1. The van der Waals surface area contributed by atoms with E-state index in [1.807, 2.05) is 18.2 Å². The van der Waals surface area contributed by atoms with Gasteiger partial charge in [0.05, 0.1) is 18.2 Å². The Balaban J connectivity index is 2.28. The fraction of sp³-hybridized carbons (Fsp3) is 0.429. The van der Waals surface area contributed by atoms with Crippen molar-refractivity contribution in [3.63, 3.8) is 0 Å². The third-order valence-corrected chi connectivity index (χ3v) is 3.01. The minimum atomic E-state index is 0.255. The number of hydrogen-bond donors (Lipinski definition) is 2. The maximum atomic E-state index is 5.77. The lowest BCUT2D eigenvalue weighted by Crippen LogP contribution is -2.25. The van der Waals surface area contributed by atoms with E-state index in [4.69, 9.17) is 10.5 Å². The summed E-state index contributed by atoms with van der Waals surface area (Å²) in [7, 11) is 1.71. The zero-order chi connectivity index (χ0) is 13.7. The van der Waals surface area contributed by atoms with Crippen molar-refractivity contribution < 1.29 is 4.74 Å². The lowest BCUT2D eigenvalue weighted by atomic mass is 10.1. The lowest BCUT2D eigenvalue weighted by Gasteiger charge is -2.18. The number of benzene rings is 1. The molecule has 0 radical (unpaired) electrons. The number of nitrogens with zero attached hydrogens (tertiary/aromatic N) is 2. The van der Waals surface area contributed by atoms with Crippen LogP contribution in [0.25, 0.3) is 10.9 Å². The van der Waals surface area contributed by atoms with Gasteiger partial charge in [-0.15, -0.1) is 0 Å². The number of methoxy groups -OCH3 is 1. The van der Waals surface area contributed by atoms with Crippen molar-refractivity contribution in [2.45, 2.75) is 25.8 Å². The first kappa shape index (κ1) is 13.5. The van der Waals surface area contributed by atoms with Gasteiger partial charge in [0.25, 0.3) is 0 Å². The highest BCUT2D eigenvalue weighted by Gasteiger charge is 2.10. The van der Waals surface area contributed by atoms with Gasteiger partial charge in [-0.25, -0.2) is 9.97 Å². The van der Waals surface area contributed by atoms with Gasteiger partial charge in [0.2, 0.25) is 0 Å². The topological polar surface area (TPSA) is 73.1 Å². The smallest absolute Gasteiger partial charge is 0.137 e. The number of hydrogen-bond acceptors (Lipinski definition) is 5. The summed E-state index contributed by atoms with van der Waals surface area (Å²) >= 11 is 0. The van der Waals surface area contributed by atoms with E-state index in [1.165, 1.54) is 0 Å². The SMILES string of the molecule is CCCC(COC)Nc1ncnc2cc(N)ccc12. The highest BCUT2D eigenvalue weighted by atomic mass is 16.5. The minimum absolute atomic E-state index is 0.255. The highest BCUT2D eigenvalue weighted by molar-refractivity contribution is 5.90. The Kier molecular flexibility index (Phi) is 4.52. The van der Waals surface area contributed by atoms with Crippen LogP contribution in [0.1, 0.15) is 19.8 Å². The molecule has 0 spiro atoms. The summed E-state index contributed by atoms with van der Waals surface area (Å²) < 4.78 is 5.23. The molecule has 1 heterocycles. The number of nitrogen functional groups attached to an aromatic ring is 1. The average molecular weight is 260 g/mol. The molecule has 1 aromatic carbocycles. The van der Waals surface area contributed by atoms with Crippen LogP contribution in [0.3, 0.4) is 0 Å². The summed E-state index contributed by atoms with van der Waals surface area (Å²) in [5, 5.41) is 4.41. The number of aromatic nitrogens is 2. The molecule has 0 amide bonds. The van der Waals surface area contributed by atoms with Crippen molar-refractivity contribution in [2.24, 2.45) is 0 Å². The number of nitrogens with one attached hydrogen (secondary N) is 1. The summed E-state index contributed by atoms with van der Waals surface area (Å²) in [6, 6.07) is 5.92. The number of rotatable bonds is 6. The molecule has 0 saturated carbocycles. The quantitative estimate of drug-likeness (QED) is 0.780. The molecule has 0 fully saturated rings. The van der Waals surface area contributed by atoms with Crippen LogP contribution in [0, 0.1) is 0 Å². The average Bonchev–Trinajstić information content (AvgIpc) is 2.39. The maximum Gasteiger partial charge on any atom is 0.137 e. The third-order valence-electron chi connectivity index (χ3n) is 3.01. The summed E-state index contributed by atoms with van der Waals surface area (Å²) in [5.41, 5.74) is 7.33. The fourth-order valence-corrected chi connectivity index (χ4v) is 2.13. The molecule has 2 aromatic rings. The largest absolute Gasteiger partial charge is 0.399 e. The van der Waals surface area contributed by atoms with Crippen molar-refractivity contribution in [3.8, 4) is 0 Å². The van der Waals surface area contributed by atoms with Crippen molar-refractivity contribution in [1.29, 1.82) is 0 Å².